The first-order valence-corrected chi connectivity index (χ1v) is 8.93. The molecule has 3 rings (SSSR count). The van der Waals surface area contributed by atoms with E-state index in [9.17, 15) is 9.59 Å². The Labute approximate surface area is 157 Å². The summed E-state index contributed by atoms with van der Waals surface area (Å²) >= 11 is 0. The van der Waals surface area contributed by atoms with Gasteiger partial charge in [0.25, 0.3) is 0 Å². The lowest BCUT2D eigenvalue weighted by molar-refractivity contribution is -0.00255. The first-order chi connectivity index (χ1) is 12.8. The molecule has 27 heavy (non-hydrogen) atoms. The average Bonchev–Trinajstić information content (AvgIpc) is 3.26. The van der Waals surface area contributed by atoms with Crippen molar-refractivity contribution in [3.63, 3.8) is 0 Å². The summed E-state index contributed by atoms with van der Waals surface area (Å²) in [4.78, 5) is 26.0. The highest BCUT2D eigenvalue weighted by atomic mass is 16.6. The van der Waals surface area contributed by atoms with Crippen LogP contribution in [0.25, 0.3) is 5.69 Å². The fourth-order valence-corrected chi connectivity index (χ4v) is 2.87. The van der Waals surface area contributed by atoms with Gasteiger partial charge in [-0.2, -0.15) is 10.2 Å². The SMILES string of the molecule is CCC(C)(C)OC(=O)N1Cc2c(-n3cc(C(=O)OC)cn3)cnn2C[C@@H]1C. The van der Waals surface area contributed by atoms with E-state index in [0.717, 1.165) is 12.1 Å². The van der Waals surface area contributed by atoms with E-state index in [1.165, 1.54) is 13.3 Å². The van der Waals surface area contributed by atoms with Crippen LogP contribution in [0.3, 0.4) is 0 Å². The lowest BCUT2D eigenvalue weighted by atomic mass is 10.1. The van der Waals surface area contributed by atoms with E-state index in [2.05, 4.69) is 10.2 Å². The second kappa shape index (κ2) is 7.05. The van der Waals surface area contributed by atoms with Crippen molar-refractivity contribution >= 4 is 12.1 Å². The molecular formula is C18H25N5O4. The van der Waals surface area contributed by atoms with Crippen molar-refractivity contribution < 1.29 is 19.1 Å². The Morgan fingerprint density at radius 3 is 2.70 bits per heavy atom. The lowest BCUT2D eigenvalue weighted by Crippen LogP contribution is -2.47. The second-order valence-corrected chi connectivity index (χ2v) is 7.28. The zero-order valence-electron chi connectivity index (χ0n) is 16.3. The van der Waals surface area contributed by atoms with Gasteiger partial charge in [-0.15, -0.1) is 0 Å². The van der Waals surface area contributed by atoms with Gasteiger partial charge in [0.2, 0.25) is 0 Å². The number of carbonyl (C=O) groups is 2. The van der Waals surface area contributed by atoms with Crippen LogP contribution in [0.15, 0.2) is 18.6 Å². The zero-order valence-corrected chi connectivity index (χ0v) is 16.3. The Hall–Kier alpha value is -2.84. The van der Waals surface area contributed by atoms with Crippen LogP contribution in [0.5, 0.6) is 0 Å². The van der Waals surface area contributed by atoms with Crippen molar-refractivity contribution in [2.75, 3.05) is 7.11 Å². The molecule has 9 nitrogen and oxygen atoms in total. The third-order valence-electron chi connectivity index (χ3n) is 4.92. The van der Waals surface area contributed by atoms with Crippen molar-refractivity contribution in [2.45, 2.75) is 58.8 Å². The Bertz CT molecular complexity index is 854. The molecule has 0 unspecified atom stereocenters. The molecule has 0 spiro atoms. The molecule has 0 aliphatic carbocycles. The van der Waals surface area contributed by atoms with Gasteiger partial charge in [0.05, 0.1) is 49.9 Å². The summed E-state index contributed by atoms with van der Waals surface area (Å²) in [6.45, 7) is 8.65. The fourth-order valence-electron chi connectivity index (χ4n) is 2.87. The predicted molar refractivity (Wildman–Crippen MR) is 96.5 cm³/mol. The number of rotatable bonds is 4. The Kier molecular flexibility index (Phi) is 4.95. The maximum atomic E-state index is 12.7. The Morgan fingerprint density at radius 2 is 2.04 bits per heavy atom. The molecule has 0 fully saturated rings. The van der Waals surface area contributed by atoms with Gasteiger partial charge in [-0.05, 0) is 27.2 Å². The predicted octanol–water partition coefficient (Wildman–Crippen LogP) is 2.38. The molecule has 0 aromatic carbocycles. The Morgan fingerprint density at radius 1 is 1.30 bits per heavy atom. The third kappa shape index (κ3) is 3.67. The molecule has 0 N–H and O–H groups in total. The summed E-state index contributed by atoms with van der Waals surface area (Å²) < 4.78 is 13.8. The Balaban J connectivity index is 1.86. The zero-order chi connectivity index (χ0) is 19.8. The standard InChI is InChI=1S/C18H25N5O4/c1-6-18(3,4)27-17(25)21-11-15-14(8-20-22(15)9-12(21)2)23-10-13(7-19-23)16(24)26-5/h7-8,10,12H,6,9,11H2,1-5H3/t12-/m0/s1. The van der Waals surface area contributed by atoms with Crippen molar-refractivity contribution in [3.05, 3.63) is 29.8 Å². The van der Waals surface area contributed by atoms with Crippen molar-refractivity contribution in [1.29, 1.82) is 0 Å². The maximum absolute atomic E-state index is 12.7. The molecule has 0 saturated carbocycles. The number of amides is 1. The maximum Gasteiger partial charge on any atom is 0.410 e. The molecule has 1 aliphatic rings. The summed E-state index contributed by atoms with van der Waals surface area (Å²) in [6.07, 6.45) is 5.10. The van der Waals surface area contributed by atoms with Gasteiger partial charge in [0.15, 0.2) is 0 Å². The highest BCUT2D eigenvalue weighted by molar-refractivity contribution is 5.88. The number of aromatic nitrogens is 4. The highest BCUT2D eigenvalue weighted by Gasteiger charge is 2.33. The smallest absolute Gasteiger partial charge is 0.410 e. The van der Waals surface area contributed by atoms with E-state index in [0.29, 0.717) is 24.3 Å². The van der Waals surface area contributed by atoms with E-state index in [1.807, 2.05) is 32.4 Å². The molecule has 1 aliphatic heterocycles. The monoisotopic (exact) mass is 375 g/mol. The summed E-state index contributed by atoms with van der Waals surface area (Å²) in [5.41, 5.74) is 1.38. The lowest BCUT2D eigenvalue weighted by Gasteiger charge is -2.36. The molecule has 9 heteroatoms. The number of fused-ring (bicyclic) bond motifs is 1. The van der Waals surface area contributed by atoms with Gasteiger partial charge >= 0.3 is 12.1 Å². The van der Waals surface area contributed by atoms with Crippen LogP contribution in [-0.2, 0) is 22.6 Å². The van der Waals surface area contributed by atoms with Gasteiger partial charge in [-0.3, -0.25) is 9.58 Å². The van der Waals surface area contributed by atoms with Crippen LogP contribution >= 0.6 is 0 Å². The van der Waals surface area contributed by atoms with Gasteiger partial charge in [-0.25, -0.2) is 14.3 Å². The summed E-state index contributed by atoms with van der Waals surface area (Å²) in [5.74, 6) is -0.456. The quantitative estimate of drug-likeness (QED) is 0.762. The van der Waals surface area contributed by atoms with E-state index in [4.69, 9.17) is 9.47 Å². The van der Waals surface area contributed by atoms with Gasteiger partial charge < -0.3 is 9.47 Å². The van der Waals surface area contributed by atoms with Gasteiger partial charge in [0.1, 0.15) is 11.3 Å². The largest absolute Gasteiger partial charge is 0.465 e. The van der Waals surface area contributed by atoms with Crippen LogP contribution in [-0.4, -0.2) is 55.3 Å². The van der Waals surface area contributed by atoms with E-state index in [-0.39, 0.29) is 12.1 Å². The normalized spacial score (nSPS) is 16.8. The molecule has 2 aromatic rings. The number of hydrogen-bond donors (Lipinski definition) is 0. The first kappa shape index (κ1) is 18.9. The number of esters is 1. The molecule has 1 amide bonds. The molecule has 2 aromatic heterocycles. The van der Waals surface area contributed by atoms with E-state index >= 15 is 0 Å². The molecule has 1 atom stereocenters. The summed E-state index contributed by atoms with van der Waals surface area (Å²) in [5, 5.41) is 8.63. The minimum absolute atomic E-state index is 0.0475. The fraction of sp³-hybridized carbons (Fsp3) is 0.556. The highest BCUT2D eigenvalue weighted by Crippen LogP contribution is 2.25. The molecule has 146 valence electrons. The summed E-state index contributed by atoms with van der Waals surface area (Å²) in [7, 11) is 1.32. The molecular weight excluding hydrogens is 350 g/mol. The number of nitrogens with zero attached hydrogens (tertiary/aromatic N) is 5. The van der Waals surface area contributed by atoms with Crippen LogP contribution in [0.1, 0.15) is 50.2 Å². The molecule has 0 radical (unpaired) electrons. The number of hydrogen-bond acceptors (Lipinski definition) is 6. The average molecular weight is 375 g/mol. The van der Waals surface area contributed by atoms with Crippen LogP contribution in [0.4, 0.5) is 4.79 Å². The van der Waals surface area contributed by atoms with Crippen LogP contribution < -0.4 is 0 Å². The summed E-state index contributed by atoms with van der Waals surface area (Å²) in [6, 6.07) is -0.0475. The minimum Gasteiger partial charge on any atom is -0.465 e. The van der Waals surface area contributed by atoms with E-state index < -0.39 is 11.6 Å². The van der Waals surface area contributed by atoms with Crippen molar-refractivity contribution in [1.82, 2.24) is 24.5 Å². The van der Waals surface area contributed by atoms with Crippen molar-refractivity contribution in [3.8, 4) is 5.69 Å². The number of carbonyl (C=O) groups excluding carboxylic acids is 2. The van der Waals surface area contributed by atoms with Crippen LogP contribution in [0, 0.1) is 0 Å². The van der Waals surface area contributed by atoms with Crippen molar-refractivity contribution in [2.24, 2.45) is 0 Å². The van der Waals surface area contributed by atoms with Gasteiger partial charge in [0, 0.05) is 6.20 Å². The topological polar surface area (TPSA) is 91.5 Å². The molecule has 0 bridgehead atoms. The minimum atomic E-state index is -0.519. The third-order valence-corrected chi connectivity index (χ3v) is 4.92. The van der Waals surface area contributed by atoms with E-state index in [1.54, 1.807) is 22.0 Å². The number of ether oxygens (including phenoxy) is 2. The first-order valence-electron chi connectivity index (χ1n) is 8.93. The van der Waals surface area contributed by atoms with Crippen LogP contribution in [0.2, 0.25) is 0 Å². The second-order valence-electron chi connectivity index (χ2n) is 7.28. The molecule has 0 saturated heterocycles. The molecule has 3 heterocycles. The number of methoxy groups -OCH3 is 1. The van der Waals surface area contributed by atoms with Gasteiger partial charge in [-0.1, -0.05) is 6.92 Å².